The lowest BCUT2D eigenvalue weighted by atomic mass is 10.0. The van der Waals surface area contributed by atoms with Gasteiger partial charge in [-0.3, -0.25) is 0 Å². The van der Waals surface area contributed by atoms with Gasteiger partial charge in [0.25, 0.3) is 0 Å². The molecule has 3 heterocycles. The fraction of sp³-hybridized carbons (Fsp3) is 0.444. The van der Waals surface area contributed by atoms with Gasteiger partial charge in [0.1, 0.15) is 6.61 Å². The Morgan fingerprint density at radius 2 is 1.72 bits per heavy atom. The fourth-order valence-corrected chi connectivity index (χ4v) is 4.46. The number of fused-ring (bicyclic) bond motifs is 1. The van der Waals surface area contributed by atoms with Crippen molar-refractivity contribution in [1.82, 2.24) is 31.5 Å². The first kappa shape index (κ1) is 19.9. The molecule has 3 aliphatic rings. The number of carbonyl (C=O) groups excluding carboxylic acids is 2. The van der Waals surface area contributed by atoms with Gasteiger partial charge in [-0.05, 0) is 23.8 Å². The molecule has 0 radical (unpaired) electrons. The Morgan fingerprint density at radius 1 is 1.07 bits per heavy atom. The zero-order valence-electron chi connectivity index (χ0n) is 15.6. The van der Waals surface area contributed by atoms with Crippen molar-refractivity contribution in [3.8, 4) is 0 Å². The number of rotatable bonds is 4. The second kappa shape index (κ2) is 8.56. The zero-order chi connectivity index (χ0) is 20.4. The quantitative estimate of drug-likeness (QED) is 0.568. The van der Waals surface area contributed by atoms with Gasteiger partial charge < -0.3 is 30.7 Å². The maximum Gasteiger partial charge on any atom is 0.410 e. The van der Waals surface area contributed by atoms with Gasteiger partial charge in [-0.2, -0.15) is 5.53 Å². The van der Waals surface area contributed by atoms with Crippen LogP contribution < -0.4 is 21.7 Å². The first-order valence-corrected chi connectivity index (χ1v) is 10.1. The van der Waals surface area contributed by atoms with E-state index in [0.29, 0.717) is 42.8 Å². The van der Waals surface area contributed by atoms with E-state index in [-0.39, 0.29) is 30.6 Å². The highest BCUT2D eigenvalue weighted by Crippen LogP contribution is 2.31. The smallest absolute Gasteiger partial charge is 0.410 e. The minimum atomic E-state index is -0.356. The molecular formula is C18H22Cl2N6O3. The van der Waals surface area contributed by atoms with Crippen LogP contribution in [0, 0.1) is 11.8 Å². The Labute approximate surface area is 178 Å². The lowest BCUT2D eigenvalue weighted by Gasteiger charge is -2.22. The van der Waals surface area contributed by atoms with Crippen LogP contribution in [-0.4, -0.2) is 54.6 Å². The number of hydrogen-bond donors (Lipinski definition) is 4. The molecule has 4 rings (SSSR count). The highest BCUT2D eigenvalue weighted by atomic mass is 35.5. The van der Waals surface area contributed by atoms with E-state index in [0.717, 1.165) is 11.3 Å². The minimum Gasteiger partial charge on any atom is -0.445 e. The number of benzene rings is 1. The minimum absolute atomic E-state index is 0.0963. The summed E-state index contributed by atoms with van der Waals surface area (Å²) >= 11 is 11.9. The standard InChI is InChI=1S/C18H22Cl2N6O3/c19-14-1-11(2-15(20)3-14)10-29-18(28)26-8-12-6-25(7-13(12)9-26)17(27)21-4-16-5-22-24-23-16/h1-3,5,12-13,22-24H,4,6-10H2,(H,21,27)/t12-,13+. The van der Waals surface area contributed by atoms with E-state index >= 15 is 0 Å². The molecule has 2 atom stereocenters. The van der Waals surface area contributed by atoms with Crippen molar-refractivity contribution in [2.24, 2.45) is 11.8 Å². The third kappa shape index (κ3) is 4.80. The molecule has 3 aliphatic heterocycles. The monoisotopic (exact) mass is 440 g/mol. The molecule has 0 aromatic heterocycles. The molecule has 0 aliphatic carbocycles. The highest BCUT2D eigenvalue weighted by Gasteiger charge is 2.43. The molecule has 29 heavy (non-hydrogen) atoms. The van der Waals surface area contributed by atoms with Crippen LogP contribution in [-0.2, 0) is 11.3 Å². The van der Waals surface area contributed by atoms with Crippen molar-refractivity contribution >= 4 is 35.3 Å². The Kier molecular flexibility index (Phi) is 5.89. The van der Waals surface area contributed by atoms with Gasteiger partial charge in [-0.25, -0.2) is 9.59 Å². The molecule has 0 unspecified atom stereocenters. The number of carbonyl (C=O) groups is 2. The SMILES string of the molecule is O=C(NCC1=CNNN1)N1C[C@@H]2CN(C(=O)OCc3cc(Cl)cc(Cl)c3)C[C@@H]2C1. The van der Waals surface area contributed by atoms with Crippen LogP contribution in [0.15, 0.2) is 30.1 Å². The molecule has 0 spiro atoms. The topological polar surface area (TPSA) is 98.0 Å². The van der Waals surface area contributed by atoms with Crippen LogP contribution in [0.3, 0.4) is 0 Å². The predicted octanol–water partition coefficient (Wildman–Crippen LogP) is 1.66. The molecule has 1 aromatic rings. The fourth-order valence-electron chi connectivity index (χ4n) is 3.89. The summed E-state index contributed by atoms with van der Waals surface area (Å²) in [7, 11) is 0. The number of urea groups is 1. The Balaban J connectivity index is 1.22. The Hall–Kier alpha value is -2.36. The van der Waals surface area contributed by atoms with Crippen LogP contribution in [0.1, 0.15) is 5.56 Å². The average Bonchev–Trinajstić information content (AvgIpc) is 3.39. The van der Waals surface area contributed by atoms with Crippen LogP contribution >= 0.6 is 23.2 Å². The van der Waals surface area contributed by atoms with Gasteiger partial charge in [0, 0.05) is 54.3 Å². The molecule has 2 saturated heterocycles. The van der Waals surface area contributed by atoms with Gasteiger partial charge in [-0.15, -0.1) is 0 Å². The largest absolute Gasteiger partial charge is 0.445 e. The molecular weight excluding hydrogens is 419 g/mol. The lowest BCUT2D eigenvalue weighted by molar-refractivity contribution is 0.100. The summed E-state index contributed by atoms with van der Waals surface area (Å²) in [5.74, 6) is 0.530. The number of hydrazine groups is 2. The van der Waals surface area contributed by atoms with E-state index in [4.69, 9.17) is 27.9 Å². The maximum absolute atomic E-state index is 12.4. The Morgan fingerprint density at radius 3 is 2.34 bits per heavy atom. The Bertz CT molecular complexity index is 802. The van der Waals surface area contributed by atoms with Crippen LogP contribution in [0.4, 0.5) is 9.59 Å². The number of likely N-dealkylation sites (tertiary alicyclic amines) is 2. The molecule has 11 heteroatoms. The first-order chi connectivity index (χ1) is 14.0. The summed E-state index contributed by atoms with van der Waals surface area (Å²) < 4.78 is 5.41. The summed E-state index contributed by atoms with van der Waals surface area (Å²) in [4.78, 5) is 28.3. The van der Waals surface area contributed by atoms with Gasteiger partial charge in [-0.1, -0.05) is 23.2 Å². The van der Waals surface area contributed by atoms with Gasteiger partial charge in [0.05, 0.1) is 12.2 Å². The third-order valence-electron chi connectivity index (χ3n) is 5.29. The van der Waals surface area contributed by atoms with E-state index in [9.17, 15) is 9.59 Å². The summed E-state index contributed by atoms with van der Waals surface area (Å²) in [6, 6.07) is 4.98. The van der Waals surface area contributed by atoms with Crippen LogP contribution in [0.2, 0.25) is 10.0 Å². The second-order valence-corrected chi connectivity index (χ2v) is 8.26. The predicted molar refractivity (Wildman–Crippen MR) is 108 cm³/mol. The maximum atomic E-state index is 12.4. The van der Waals surface area contributed by atoms with Crippen molar-refractivity contribution in [1.29, 1.82) is 0 Å². The van der Waals surface area contributed by atoms with E-state index in [1.54, 1.807) is 29.3 Å². The van der Waals surface area contributed by atoms with Crippen molar-refractivity contribution in [3.05, 3.63) is 45.7 Å². The van der Waals surface area contributed by atoms with E-state index in [2.05, 4.69) is 21.7 Å². The first-order valence-electron chi connectivity index (χ1n) is 9.33. The molecule has 0 bridgehead atoms. The van der Waals surface area contributed by atoms with Gasteiger partial charge in [0.2, 0.25) is 0 Å². The number of halogens is 2. The van der Waals surface area contributed by atoms with Crippen molar-refractivity contribution in [3.63, 3.8) is 0 Å². The lowest BCUT2D eigenvalue weighted by Crippen LogP contribution is -2.43. The number of nitrogens with one attached hydrogen (secondary N) is 4. The number of hydrogen-bond acceptors (Lipinski definition) is 6. The van der Waals surface area contributed by atoms with E-state index < -0.39 is 0 Å². The van der Waals surface area contributed by atoms with Crippen LogP contribution in [0.25, 0.3) is 0 Å². The number of nitrogens with zero attached hydrogens (tertiary/aromatic N) is 2. The normalized spacial score (nSPS) is 22.6. The molecule has 9 nitrogen and oxygen atoms in total. The number of amides is 3. The molecule has 1 aromatic carbocycles. The second-order valence-electron chi connectivity index (χ2n) is 7.39. The average molecular weight is 441 g/mol. The van der Waals surface area contributed by atoms with E-state index in [1.165, 1.54) is 0 Å². The summed E-state index contributed by atoms with van der Waals surface area (Å²) in [6.45, 7) is 2.97. The van der Waals surface area contributed by atoms with Gasteiger partial charge >= 0.3 is 12.1 Å². The molecule has 4 N–H and O–H groups in total. The summed E-state index contributed by atoms with van der Waals surface area (Å²) in [5, 5.41) is 3.90. The molecule has 3 amide bonds. The zero-order valence-corrected chi connectivity index (χ0v) is 17.1. The van der Waals surface area contributed by atoms with Crippen LogP contribution in [0.5, 0.6) is 0 Å². The molecule has 156 valence electrons. The van der Waals surface area contributed by atoms with E-state index in [1.807, 2.05) is 4.90 Å². The number of ether oxygens (including phenoxy) is 1. The van der Waals surface area contributed by atoms with Gasteiger partial charge in [0.15, 0.2) is 0 Å². The van der Waals surface area contributed by atoms with Crippen molar-refractivity contribution in [2.45, 2.75) is 6.61 Å². The highest BCUT2D eigenvalue weighted by molar-refractivity contribution is 6.34. The molecule has 2 fully saturated rings. The summed E-state index contributed by atoms with van der Waals surface area (Å²) in [5.41, 5.74) is 9.99. The molecule has 0 saturated carbocycles. The third-order valence-corrected chi connectivity index (χ3v) is 5.72. The van der Waals surface area contributed by atoms with Crippen molar-refractivity contribution < 1.29 is 14.3 Å². The van der Waals surface area contributed by atoms with Crippen molar-refractivity contribution in [2.75, 3.05) is 32.7 Å². The summed E-state index contributed by atoms with van der Waals surface area (Å²) in [6.07, 6.45) is 1.39.